The Labute approximate surface area is 194 Å². The van der Waals surface area contributed by atoms with Crippen molar-refractivity contribution in [1.29, 1.82) is 0 Å². The standard InChI is InChI=1S/C12H15F5O3Si.C6H13F3O3Si/c1-5-6(21(18-2,19-3)20-4)7-8(13)10(15)12(17)11(16)9(7)14;1-10-13(11-2,12-3)5-4-6(7,8)9/h6H,5H2,1-4H3;4-5H2,1-3H3. The molecule has 0 saturated carbocycles. The molecule has 0 aliphatic carbocycles. The third kappa shape index (κ3) is 7.68. The zero-order valence-electron chi connectivity index (χ0n) is 19.7. The van der Waals surface area contributed by atoms with Crippen molar-refractivity contribution in [3.63, 3.8) is 0 Å². The average Bonchev–Trinajstić information content (AvgIpc) is 2.82. The van der Waals surface area contributed by atoms with Crippen molar-refractivity contribution < 1.29 is 61.7 Å². The molecule has 0 bridgehead atoms. The van der Waals surface area contributed by atoms with Crippen molar-refractivity contribution in [2.75, 3.05) is 42.7 Å². The van der Waals surface area contributed by atoms with Crippen molar-refractivity contribution in [2.24, 2.45) is 0 Å². The molecule has 1 unspecified atom stereocenters. The van der Waals surface area contributed by atoms with E-state index in [1.807, 2.05) is 0 Å². The summed E-state index contributed by atoms with van der Waals surface area (Å²) >= 11 is 0. The van der Waals surface area contributed by atoms with Gasteiger partial charge >= 0.3 is 23.8 Å². The van der Waals surface area contributed by atoms with E-state index in [4.69, 9.17) is 26.6 Å². The molecule has 0 heterocycles. The molecule has 0 amide bonds. The molecular formula is C18H28F8O6Si2. The molecule has 6 nitrogen and oxygen atoms in total. The van der Waals surface area contributed by atoms with Crippen LogP contribution in [0.2, 0.25) is 6.04 Å². The predicted molar refractivity (Wildman–Crippen MR) is 108 cm³/mol. The first-order valence-corrected chi connectivity index (χ1v) is 13.3. The fourth-order valence-corrected chi connectivity index (χ4v) is 7.25. The lowest BCUT2D eigenvalue weighted by Crippen LogP contribution is -2.50. The van der Waals surface area contributed by atoms with Gasteiger partial charge in [0.05, 0.1) is 5.54 Å². The van der Waals surface area contributed by atoms with E-state index >= 15 is 0 Å². The molecule has 0 N–H and O–H groups in total. The van der Waals surface area contributed by atoms with Gasteiger partial charge in [0.25, 0.3) is 0 Å². The quantitative estimate of drug-likeness (QED) is 0.166. The second-order valence-electron chi connectivity index (χ2n) is 6.57. The summed E-state index contributed by atoms with van der Waals surface area (Å²) in [5.74, 6) is -10.0. The number of rotatable bonds is 11. The van der Waals surface area contributed by atoms with Crippen LogP contribution >= 0.6 is 0 Å². The maximum absolute atomic E-state index is 13.9. The SMILES string of the molecule is CCC(c1c(F)c(F)c(F)c(F)c1F)[Si](OC)(OC)OC.CO[Si](CCC(F)(F)F)(OC)OC. The molecule has 1 aromatic carbocycles. The van der Waals surface area contributed by atoms with Gasteiger partial charge < -0.3 is 26.6 Å². The first kappa shape index (κ1) is 32.9. The van der Waals surface area contributed by atoms with Crippen LogP contribution in [0.15, 0.2) is 0 Å². The van der Waals surface area contributed by atoms with Gasteiger partial charge in [-0.1, -0.05) is 6.92 Å². The lowest BCUT2D eigenvalue weighted by molar-refractivity contribution is -0.132. The Bertz CT molecular complexity index is 730. The summed E-state index contributed by atoms with van der Waals surface area (Å²) in [6.45, 7) is 1.50. The van der Waals surface area contributed by atoms with Gasteiger partial charge in [0.1, 0.15) is 0 Å². The molecule has 0 fully saturated rings. The normalized spacial score (nSPS) is 13.5. The fraction of sp³-hybridized carbons (Fsp3) is 0.667. The van der Waals surface area contributed by atoms with Gasteiger partial charge in [0, 0.05) is 60.7 Å². The first-order chi connectivity index (χ1) is 15.7. The summed E-state index contributed by atoms with van der Waals surface area (Å²) in [5, 5.41) is 0. The Morgan fingerprint density at radius 1 is 0.647 bits per heavy atom. The fourth-order valence-electron chi connectivity index (χ4n) is 3.09. The van der Waals surface area contributed by atoms with Gasteiger partial charge in [-0.3, -0.25) is 0 Å². The van der Waals surface area contributed by atoms with Crippen LogP contribution in [0.3, 0.4) is 0 Å². The predicted octanol–water partition coefficient (Wildman–Crippen LogP) is 5.11. The van der Waals surface area contributed by atoms with Crippen LogP contribution in [0.1, 0.15) is 30.9 Å². The molecule has 16 heteroatoms. The van der Waals surface area contributed by atoms with Gasteiger partial charge in [-0.05, 0) is 6.42 Å². The molecule has 1 atom stereocenters. The summed E-state index contributed by atoms with van der Waals surface area (Å²) in [5.41, 5.74) is -2.21. The molecule has 0 aliphatic rings. The van der Waals surface area contributed by atoms with E-state index in [0.717, 1.165) is 0 Å². The molecule has 34 heavy (non-hydrogen) atoms. The van der Waals surface area contributed by atoms with Crippen LogP contribution in [0.25, 0.3) is 0 Å². The minimum Gasteiger partial charge on any atom is -0.377 e. The van der Waals surface area contributed by atoms with Gasteiger partial charge in [-0.25, -0.2) is 22.0 Å². The van der Waals surface area contributed by atoms with Crippen molar-refractivity contribution in [3.05, 3.63) is 34.6 Å². The van der Waals surface area contributed by atoms with Gasteiger partial charge in [0.15, 0.2) is 23.3 Å². The third-order valence-corrected chi connectivity index (χ3v) is 10.9. The second kappa shape index (κ2) is 13.8. The molecule has 0 saturated heterocycles. The molecular weight excluding hydrogens is 520 g/mol. The smallest absolute Gasteiger partial charge is 0.377 e. The highest BCUT2D eigenvalue weighted by molar-refractivity contribution is 6.62. The number of halogens is 8. The average molecular weight is 549 g/mol. The topological polar surface area (TPSA) is 55.4 Å². The highest BCUT2D eigenvalue weighted by Gasteiger charge is 2.50. The molecule has 0 spiro atoms. The molecule has 200 valence electrons. The maximum atomic E-state index is 13.9. The van der Waals surface area contributed by atoms with E-state index in [1.165, 1.54) is 49.6 Å². The number of hydrogen-bond donors (Lipinski definition) is 0. The first-order valence-electron chi connectivity index (χ1n) is 9.59. The van der Waals surface area contributed by atoms with Crippen LogP contribution in [-0.2, 0) is 26.6 Å². The number of hydrogen-bond acceptors (Lipinski definition) is 6. The highest BCUT2D eigenvalue weighted by atomic mass is 28.4. The number of benzene rings is 1. The Kier molecular flexibility index (Phi) is 13.3. The minimum atomic E-state index is -4.20. The van der Waals surface area contributed by atoms with Gasteiger partial charge in [-0.15, -0.1) is 0 Å². The highest BCUT2D eigenvalue weighted by Crippen LogP contribution is 2.37. The largest absolute Gasteiger partial charge is 0.508 e. The van der Waals surface area contributed by atoms with E-state index in [9.17, 15) is 35.1 Å². The lowest BCUT2D eigenvalue weighted by atomic mass is 10.1. The van der Waals surface area contributed by atoms with E-state index < -0.39 is 70.4 Å². The van der Waals surface area contributed by atoms with Gasteiger partial charge in [-0.2, -0.15) is 13.2 Å². The maximum Gasteiger partial charge on any atom is 0.508 e. The van der Waals surface area contributed by atoms with E-state index in [-0.39, 0.29) is 12.5 Å². The summed E-state index contributed by atoms with van der Waals surface area (Å²) in [6, 6.07) is -0.250. The summed E-state index contributed by atoms with van der Waals surface area (Å²) in [4.78, 5) is 0. The van der Waals surface area contributed by atoms with Crippen LogP contribution in [0.4, 0.5) is 35.1 Å². The monoisotopic (exact) mass is 548 g/mol. The summed E-state index contributed by atoms with van der Waals surface area (Å²) < 4.78 is 133. The van der Waals surface area contributed by atoms with E-state index in [1.54, 1.807) is 0 Å². The van der Waals surface area contributed by atoms with Gasteiger partial charge in [0.2, 0.25) is 5.82 Å². The molecule has 0 radical (unpaired) electrons. The Morgan fingerprint density at radius 2 is 1.00 bits per heavy atom. The van der Waals surface area contributed by atoms with Crippen molar-refractivity contribution >= 4 is 17.6 Å². The third-order valence-electron chi connectivity index (χ3n) is 4.93. The zero-order valence-corrected chi connectivity index (χ0v) is 21.7. The molecule has 0 aliphatic heterocycles. The van der Waals surface area contributed by atoms with Crippen molar-refractivity contribution in [3.8, 4) is 0 Å². The lowest BCUT2D eigenvalue weighted by Gasteiger charge is -2.32. The summed E-state index contributed by atoms with van der Waals surface area (Å²) in [7, 11) is 0.730. The second-order valence-corrected chi connectivity index (χ2v) is 12.8. The van der Waals surface area contributed by atoms with E-state index in [2.05, 4.69) is 0 Å². The van der Waals surface area contributed by atoms with Crippen molar-refractivity contribution in [1.82, 2.24) is 0 Å². The molecule has 1 aromatic rings. The number of alkyl halides is 3. The zero-order chi connectivity index (χ0) is 26.9. The van der Waals surface area contributed by atoms with Crippen molar-refractivity contribution in [2.45, 2.75) is 37.5 Å². The molecule has 0 aromatic heterocycles. The van der Waals surface area contributed by atoms with Crippen LogP contribution in [0.5, 0.6) is 0 Å². The minimum absolute atomic E-state index is 0.0000939. The Hall–Kier alpha value is -1.15. The van der Waals surface area contributed by atoms with Crippen LogP contribution < -0.4 is 0 Å². The Morgan fingerprint density at radius 3 is 1.26 bits per heavy atom. The molecule has 1 rings (SSSR count). The van der Waals surface area contributed by atoms with Crippen LogP contribution in [-0.4, -0.2) is 66.4 Å². The Balaban J connectivity index is 0.000000722. The van der Waals surface area contributed by atoms with Crippen LogP contribution in [0, 0.1) is 29.1 Å². The van der Waals surface area contributed by atoms with E-state index in [0.29, 0.717) is 0 Å². The summed E-state index contributed by atoms with van der Waals surface area (Å²) in [6.07, 6.45) is -5.15.